The van der Waals surface area contributed by atoms with Gasteiger partial charge >= 0.3 is 0 Å². The van der Waals surface area contributed by atoms with Crippen LogP contribution in [0.1, 0.15) is 33.5 Å². The molecule has 0 atom stereocenters. The van der Waals surface area contributed by atoms with Crippen molar-refractivity contribution in [2.24, 2.45) is 0 Å². The SMILES string of the molecule is Cc1cc(C)c(C(=O)CC(=O)CCl)c(C)c1. The van der Waals surface area contributed by atoms with Crippen LogP contribution < -0.4 is 0 Å². The van der Waals surface area contributed by atoms with Crippen LogP contribution in [-0.4, -0.2) is 17.4 Å². The van der Waals surface area contributed by atoms with Gasteiger partial charge in [0.25, 0.3) is 0 Å². The highest BCUT2D eigenvalue weighted by Gasteiger charge is 2.15. The number of rotatable bonds is 4. The van der Waals surface area contributed by atoms with Crippen LogP contribution in [0.3, 0.4) is 0 Å². The summed E-state index contributed by atoms with van der Waals surface area (Å²) in [5.74, 6) is -0.470. The Morgan fingerprint density at radius 3 is 2.06 bits per heavy atom. The van der Waals surface area contributed by atoms with Crippen molar-refractivity contribution in [1.82, 2.24) is 0 Å². The largest absolute Gasteiger partial charge is 0.298 e. The van der Waals surface area contributed by atoms with Crippen molar-refractivity contribution in [3.63, 3.8) is 0 Å². The fourth-order valence-corrected chi connectivity index (χ4v) is 2.03. The Labute approximate surface area is 101 Å². The first-order valence-corrected chi connectivity index (χ1v) is 5.68. The summed E-state index contributed by atoms with van der Waals surface area (Å²) in [4.78, 5) is 23.0. The molecule has 0 spiro atoms. The Morgan fingerprint density at radius 1 is 1.12 bits per heavy atom. The first-order chi connectivity index (χ1) is 7.45. The number of ketones is 2. The molecule has 0 fully saturated rings. The number of alkyl halides is 1. The van der Waals surface area contributed by atoms with E-state index in [1.54, 1.807) is 0 Å². The lowest BCUT2D eigenvalue weighted by molar-refractivity contribution is -0.115. The summed E-state index contributed by atoms with van der Waals surface area (Å²) < 4.78 is 0. The van der Waals surface area contributed by atoms with E-state index in [0.717, 1.165) is 16.7 Å². The highest BCUT2D eigenvalue weighted by atomic mass is 35.5. The van der Waals surface area contributed by atoms with Crippen LogP contribution >= 0.6 is 11.6 Å². The van der Waals surface area contributed by atoms with Gasteiger partial charge in [0.15, 0.2) is 11.6 Å². The molecule has 1 rings (SSSR count). The van der Waals surface area contributed by atoms with Gasteiger partial charge in [-0.2, -0.15) is 0 Å². The summed E-state index contributed by atoms with van der Waals surface area (Å²) in [6, 6.07) is 3.90. The average molecular weight is 239 g/mol. The molecule has 0 bridgehead atoms. The zero-order valence-corrected chi connectivity index (χ0v) is 10.5. The van der Waals surface area contributed by atoms with Crippen LogP contribution in [0.25, 0.3) is 0 Å². The summed E-state index contributed by atoms with van der Waals surface area (Å²) >= 11 is 5.39. The number of benzene rings is 1. The Kier molecular flexibility index (Phi) is 4.25. The zero-order chi connectivity index (χ0) is 12.3. The van der Waals surface area contributed by atoms with Gasteiger partial charge in [-0.3, -0.25) is 9.59 Å². The van der Waals surface area contributed by atoms with Crippen molar-refractivity contribution in [1.29, 1.82) is 0 Å². The number of aryl methyl sites for hydroxylation is 3. The Hall–Kier alpha value is -1.15. The van der Waals surface area contributed by atoms with E-state index in [1.165, 1.54) is 0 Å². The van der Waals surface area contributed by atoms with Gasteiger partial charge in [0.05, 0.1) is 12.3 Å². The number of carbonyl (C=O) groups is 2. The lowest BCUT2D eigenvalue weighted by Gasteiger charge is -2.09. The minimum Gasteiger partial charge on any atom is -0.298 e. The van der Waals surface area contributed by atoms with Crippen LogP contribution in [0.15, 0.2) is 12.1 Å². The molecule has 0 aliphatic rings. The van der Waals surface area contributed by atoms with Crippen molar-refractivity contribution in [2.75, 3.05) is 5.88 Å². The van der Waals surface area contributed by atoms with E-state index in [4.69, 9.17) is 11.6 Å². The summed E-state index contributed by atoms with van der Waals surface area (Å²) in [6.45, 7) is 5.76. The molecule has 0 heterocycles. The molecule has 0 saturated heterocycles. The van der Waals surface area contributed by atoms with E-state index < -0.39 is 0 Å². The molecular weight excluding hydrogens is 224 g/mol. The minimum atomic E-state index is -0.231. The molecule has 0 amide bonds. The highest BCUT2D eigenvalue weighted by Crippen LogP contribution is 2.18. The summed E-state index contributed by atoms with van der Waals surface area (Å²) in [7, 11) is 0. The predicted molar refractivity (Wildman–Crippen MR) is 65.3 cm³/mol. The first kappa shape index (κ1) is 12.9. The first-order valence-electron chi connectivity index (χ1n) is 5.14. The zero-order valence-electron chi connectivity index (χ0n) is 9.76. The second-order valence-corrected chi connectivity index (χ2v) is 4.31. The number of Topliss-reactive ketones (excluding diaryl/α,β-unsaturated/α-hetero) is 2. The summed E-state index contributed by atoms with van der Waals surface area (Å²) in [5.41, 5.74) is 3.62. The lowest BCUT2D eigenvalue weighted by Crippen LogP contribution is -2.12. The van der Waals surface area contributed by atoms with Crippen LogP contribution in [0.2, 0.25) is 0 Å². The van der Waals surface area contributed by atoms with Gasteiger partial charge in [-0.25, -0.2) is 0 Å². The molecule has 0 radical (unpaired) electrons. The van der Waals surface area contributed by atoms with Gasteiger partial charge in [-0.05, 0) is 31.9 Å². The number of halogens is 1. The smallest absolute Gasteiger partial charge is 0.170 e. The molecule has 0 unspecified atom stereocenters. The van der Waals surface area contributed by atoms with Gasteiger partial charge in [-0.15, -0.1) is 11.6 Å². The van der Waals surface area contributed by atoms with E-state index in [2.05, 4.69) is 0 Å². The maximum Gasteiger partial charge on any atom is 0.170 e. The lowest BCUT2D eigenvalue weighted by atomic mass is 9.94. The molecule has 16 heavy (non-hydrogen) atoms. The Bertz CT molecular complexity index is 413. The predicted octanol–water partition coefficient (Wildman–Crippen LogP) is 2.99. The molecule has 2 nitrogen and oxygen atoms in total. The number of hydrogen-bond donors (Lipinski definition) is 0. The third kappa shape index (κ3) is 2.92. The molecule has 0 N–H and O–H groups in total. The van der Waals surface area contributed by atoms with Crippen molar-refractivity contribution in [3.05, 3.63) is 34.4 Å². The molecule has 3 heteroatoms. The van der Waals surface area contributed by atoms with Crippen molar-refractivity contribution >= 4 is 23.2 Å². The van der Waals surface area contributed by atoms with Crippen LogP contribution in [0.5, 0.6) is 0 Å². The van der Waals surface area contributed by atoms with E-state index >= 15 is 0 Å². The molecule has 0 aliphatic heterocycles. The van der Waals surface area contributed by atoms with Crippen LogP contribution in [-0.2, 0) is 4.79 Å². The molecule has 1 aromatic rings. The van der Waals surface area contributed by atoms with E-state index in [1.807, 2.05) is 32.9 Å². The Balaban J connectivity index is 3.04. The number of carbonyl (C=O) groups excluding carboxylic acids is 2. The second-order valence-electron chi connectivity index (χ2n) is 4.05. The van der Waals surface area contributed by atoms with Gasteiger partial charge in [-0.1, -0.05) is 17.7 Å². The van der Waals surface area contributed by atoms with Gasteiger partial charge in [0.2, 0.25) is 0 Å². The van der Waals surface area contributed by atoms with Gasteiger partial charge in [0.1, 0.15) is 0 Å². The van der Waals surface area contributed by atoms with Crippen molar-refractivity contribution < 1.29 is 9.59 Å². The third-order valence-corrected chi connectivity index (χ3v) is 2.76. The molecule has 0 aliphatic carbocycles. The molecular formula is C13H15ClO2. The monoisotopic (exact) mass is 238 g/mol. The third-order valence-electron chi connectivity index (χ3n) is 2.46. The second kappa shape index (κ2) is 5.26. The van der Waals surface area contributed by atoms with Crippen LogP contribution in [0, 0.1) is 20.8 Å². The maximum atomic E-state index is 11.9. The molecule has 0 saturated carbocycles. The topological polar surface area (TPSA) is 34.1 Å². The molecule has 86 valence electrons. The normalized spacial score (nSPS) is 10.2. The summed E-state index contributed by atoms with van der Waals surface area (Å²) in [6.07, 6.45) is -0.103. The van der Waals surface area contributed by atoms with E-state index in [-0.39, 0.29) is 23.9 Å². The average Bonchev–Trinajstić information content (AvgIpc) is 2.15. The minimum absolute atomic E-state index is 0.101. The van der Waals surface area contributed by atoms with Crippen LogP contribution in [0.4, 0.5) is 0 Å². The van der Waals surface area contributed by atoms with Crippen molar-refractivity contribution in [2.45, 2.75) is 27.2 Å². The van der Waals surface area contributed by atoms with Gasteiger partial charge < -0.3 is 0 Å². The standard InChI is InChI=1S/C13H15ClO2/c1-8-4-9(2)13(10(3)5-8)12(16)6-11(15)7-14/h4-5H,6-7H2,1-3H3. The Morgan fingerprint density at radius 2 is 1.62 bits per heavy atom. The van der Waals surface area contributed by atoms with E-state index in [9.17, 15) is 9.59 Å². The quantitative estimate of drug-likeness (QED) is 0.459. The summed E-state index contributed by atoms with van der Waals surface area (Å²) in [5, 5.41) is 0. The molecule has 1 aromatic carbocycles. The highest BCUT2D eigenvalue weighted by molar-refractivity contribution is 6.29. The van der Waals surface area contributed by atoms with E-state index in [0.29, 0.717) is 5.56 Å². The fraction of sp³-hybridized carbons (Fsp3) is 0.385. The van der Waals surface area contributed by atoms with Gasteiger partial charge in [0, 0.05) is 5.56 Å². The van der Waals surface area contributed by atoms with Crippen molar-refractivity contribution in [3.8, 4) is 0 Å². The maximum absolute atomic E-state index is 11.9. The fourth-order valence-electron chi connectivity index (χ4n) is 1.93. The number of hydrogen-bond acceptors (Lipinski definition) is 2. The molecule has 0 aromatic heterocycles.